The quantitative estimate of drug-likeness (QED) is 0.220. The topological polar surface area (TPSA) is 125 Å². The van der Waals surface area contributed by atoms with E-state index >= 15 is 0 Å². The molecule has 3 aromatic carbocycles. The molecule has 4 N–H and O–H groups in total. The van der Waals surface area contributed by atoms with E-state index in [2.05, 4.69) is 5.32 Å². The zero-order valence-corrected chi connectivity index (χ0v) is 18.6. The van der Waals surface area contributed by atoms with Crippen molar-refractivity contribution >= 4 is 28.7 Å². The number of carbonyl (C=O) groups is 3. The minimum atomic E-state index is -0.891. The first-order chi connectivity index (χ1) is 16.4. The van der Waals surface area contributed by atoms with E-state index in [1.165, 1.54) is 11.6 Å². The number of alkyl carbamates (subject to hydrolysis) is 1. The van der Waals surface area contributed by atoms with Crippen LogP contribution >= 0.6 is 0 Å². The van der Waals surface area contributed by atoms with Gasteiger partial charge in [-0.3, -0.25) is 20.1 Å². The maximum absolute atomic E-state index is 12.7. The third kappa shape index (κ3) is 6.20. The average Bonchev–Trinajstić information content (AvgIpc) is 2.86. The number of amides is 3. The molecule has 0 saturated carbocycles. The van der Waals surface area contributed by atoms with Crippen LogP contribution in [-0.4, -0.2) is 28.2 Å². The Kier molecular flexibility index (Phi) is 8.37. The molecule has 0 unspecified atom stereocenters. The van der Waals surface area contributed by atoms with Gasteiger partial charge in [-0.15, -0.1) is 0 Å². The third-order valence-corrected chi connectivity index (χ3v) is 5.41. The molecule has 0 aromatic heterocycles. The number of imide groups is 1. The lowest BCUT2D eigenvalue weighted by Gasteiger charge is -2.26. The number of hydroxylamine groups is 1. The maximum Gasteiger partial charge on any atom is 0.414 e. The van der Waals surface area contributed by atoms with Crippen molar-refractivity contribution in [2.45, 2.75) is 25.9 Å². The molecule has 3 amide bonds. The number of allylic oxidation sites excluding steroid dienone is 1. The minimum Gasteiger partial charge on any atom is -0.507 e. The summed E-state index contributed by atoms with van der Waals surface area (Å²) in [5, 5.41) is 22.4. The van der Waals surface area contributed by atoms with E-state index in [9.17, 15) is 19.5 Å². The van der Waals surface area contributed by atoms with Crippen molar-refractivity contribution in [1.29, 1.82) is 0 Å². The summed E-state index contributed by atoms with van der Waals surface area (Å²) in [5.41, 5.74) is 2.53. The first kappa shape index (κ1) is 24.5. The number of nitrogens with one attached hydrogen (secondary N) is 2. The molecule has 2 atom stereocenters. The molecule has 0 bridgehead atoms. The zero-order valence-electron chi connectivity index (χ0n) is 18.6. The van der Waals surface area contributed by atoms with E-state index in [0.29, 0.717) is 29.4 Å². The van der Waals surface area contributed by atoms with Crippen LogP contribution in [0, 0.1) is 5.92 Å². The molecule has 0 saturated heterocycles. The van der Waals surface area contributed by atoms with Crippen molar-refractivity contribution in [1.82, 2.24) is 10.8 Å². The summed E-state index contributed by atoms with van der Waals surface area (Å²) in [6.45, 7) is 1.89. The van der Waals surface area contributed by atoms with Gasteiger partial charge in [-0.1, -0.05) is 61.5 Å². The van der Waals surface area contributed by atoms with Gasteiger partial charge >= 0.3 is 6.09 Å². The fourth-order valence-corrected chi connectivity index (χ4v) is 3.68. The van der Waals surface area contributed by atoms with Crippen molar-refractivity contribution in [2.24, 2.45) is 5.92 Å². The number of rotatable bonds is 8. The number of ether oxygens (including phenoxy) is 1. The van der Waals surface area contributed by atoms with Gasteiger partial charge in [0.1, 0.15) is 11.9 Å². The summed E-state index contributed by atoms with van der Waals surface area (Å²) < 4.78 is 5.74. The highest BCUT2D eigenvalue weighted by atomic mass is 16.6. The Morgan fingerprint density at radius 2 is 1.65 bits per heavy atom. The number of hydrogen-bond donors (Lipinski definition) is 4. The van der Waals surface area contributed by atoms with Crippen molar-refractivity contribution in [3.63, 3.8) is 0 Å². The van der Waals surface area contributed by atoms with Crippen molar-refractivity contribution in [2.75, 3.05) is 0 Å². The minimum absolute atomic E-state index is 0.104. The number of carbonyl (C=O) groups excluding carboxylic acids is 3. The molecule has 34 heavy (non-hydrogen) atoms. The predicted molar refractivity (Wildman–Crippen MR) is 126 cm³/mol. The molecular formula is C26H26N2O6. The van der Waals surface area contributed by atoms with E-state index < -0.39 is 24.0 Å². The van der Waals surface area contributed by atoms with Crippen molar-refractivity contribution in [3.05, 3.63) is 90.0 Å². The highest BCUT2D eigenvalue weighted by molar-refractivity contribution is 6.03. The van der Waals surface area contributed by atoms with Crippen LogP contribution in [0.4, 0.5) is 4.79 Å². The fraction of sp³-hybridized carbons (Fsp3) is 0.192. The summed E-state index contributed by atoms with van der Waals surface area (Å²) in [6.07, 6.45) is 2.20. The molecule has 0 aliphatic heterocycles. The van der Waals surface area contributed by atoms with Crippen LogP contribution in [0.25, 0.3) is 10.8 Å². The second-order valence-corrected chi connectivity index (χ2v) is 7.80. The van der Waals surface area contributed by atoms with Crippen molar-refractivity contribution in [3.8, 4) is 5.75 Å². The molecule has 8 heteroatoms. The lowest BCUT2D eigenvalue weighted by molar-refractivity contribution is -0.124. The highest BCUT2D eigenvalue weighted by Crippen LogP contribution is 2.37. The molecule has 0 heterocycles. The van der Waals surface area contributed by atoms with E-state index in [4.69, 9.17) is 9.94 Å². The van der Waals surface area contributed by atoms with Gasteiger partial charge in [0.25, 0.3) is 11.8 Å². The molecule has 0 radical (unpaired) electrons. The highest BCUT2D eigenvalue weighted by Gasteiger charge is 2.26. The SMILES string of the molecule is C[C@@H](CC/C=C/C(=O)NO)[C@H](OC(=O)NC(=O)c1ccccc1)c1ccc(O)c2ccccc12. The number of phenols is 1. The zero-order chi connectivity index (χ0) is 24.5. The van der Waals surface area contributed by atoms with Gasteiger partial charge in [-0.25, -0.2) is 10.3 Å². The Balaban J connectivity index is 1.84. The Morgan fingerprint density at radius 1 is 0.971 bits per heavy atom. The molecule has 3 aromatic rings. The lowest BCUT2D eigenvalue weighted by Crippen LogP contribution is -2.33. The molecule has 0 fully saturated rings. The van der Waals surface area contributed by atoms with Gasteiger partial charge < -0.3 is 9.84 Å². The van der Waals surface area contributed by atoms with Crippen LogP contribution in [0.1, 0.15) is 41.8 Å². The molecule has 0 spiro atoms. The first-order valence-corrected chi connectivity index (χ1v) is 10.8. The number of phenolic OH excluding ortho intramolecular Hbond substituents is 1. The van der Waals surface area contributed by atoms with E-state index in [1.54, 1.807) is 60.7 Å². The van der Waals surface area contributed by atoms with Crippen LogP contribution in [-0.2, 0) is 9.53 Å². The molecular weight excluding hydrogens is 436 g/mol. The monoisotopic (exact) mass is 462 g/mol. The molecule has 8 nitrogen and oxygen atoms in total. The average molecular weight is 463 g/mol. The second kappa shape index (κ2) is 11.6. The van der Waals surface area contributed by atoms with Gasteiger partial charge in [0, 0.05) is 22.6 Å². The summed E-state index contributed by atoms with van der Waals surface area (Å²) >= 11 is 0. The normalized spacial score (nSPS) is 12.8. The Hall–Kier alpha value is -4.17. The van der Waals surface area contributed by atoms with Gasteiger partial charge in [-0.2, -0.15) is 0 Å². The Labute approximate surface area is 196 Å². The summed E-state index contributed by atoms with van der Waals surface area (Å²) in [7, 11) is 0. The lowest BCUT2D eigenvalue weighted by atomic mass is 9.89. The van der Waals surface area contributed by atoms with Gasteiger partial charge in [0.05, 0.1) is 0 Å². The van der Waals surface area contributed by atoms with E-state index in [0.717, 1.165) is 5.39 Å². The molecule has 176 valence electrons. The smallest absolute Gasteiger partial charge is 0.414 e. The second-order valence-electron chi connectivity index (χ2n) is 7.80. The number of hydrogen-bond acceptors (Lipinski definition) is 6. The van der Waals surface area contributed by atoms with Crippen LogP contribution in [0.2, 0.25) is 0 Å². The standard InChI is InChI=1S/C26H26N2O6/c1-17(9-5-8-14-23(30)28-33)24(21-15-16-22(29)20-13-7-6-12-19(20)21)34-26(32)27-25(31)18-10-3-2-4-11-18/h2-4,6-8,10-17,24,29,33H,5,9H2,1H3,(H,28,30)(H,27,31,32)/b14-8+/t17-,24-/m0/s1. The molecule has 0 aliphatic carbocycles. The van der Waals surface area contributed by atoms with Gasteiger partial charge in [-0.05, 0) is 42.3 Å². The summed E-state index contributed by atoms with van der Waals surface area (Å²) in [6, 6.07) is 18.8. The fourth-order valence-electron chi connectivity index (χ4n) is 3.68. The number of fused-ring (bicyclic) bond motifs is 1. The van der Waals surface area contributed by atoms with Crippen LogP contribution in [0.15, 0.2) is 78.9 Å². The maximum atomic E-state index is 12.7. The number of benzene rings is 3. The summed E-state index contributed by atoms with van der Waals surface area (Å²) in [5.74, 6) is -1.32. The van der Waals surface area contributed by atoms with Crippen molar-refractivity contribution < 1.29 is 29.4 Å². The van der Waals surface area contributed by atoms with Crippen LogP contribution < -0.4 is 10.8 Å². The predicted octanol–water partition coefficient (Wildman–Crippen LogP) is 4.63. The third-order valence-electron chi connectivity index (χ3n) is 5.41. The molecule has 3 rings (SSSR count). The van der Waals surface area contributed by atoms with Gasteiger partial charge in [0.2, 0.25) is 0 Å². The van der Waals surface area contributed by atoms with E-state index in [1.807, 2.05) is 19.1 Å². The number of aromatic hydroxyl groups is 1. The molecule has 0 aliphatic rings. The Morgan fingerprint density at radius 3 is 2.35 bits per heavy atom. The first-order valence-electron chi connectivity index (χ1n) is 10.8. The van der Waals surface area contributed by atoms with Crippen LogP contribution in [0.3, 0.4) is 0 Å². The summed E-state index contributed by atoms with van der Waals surface area (Å²) in [4.78, 5) is 36.2. The largest absolute Gasteiger partial charge is 0.507 e. The Bertz CT molecular complexity index is 1190. The van der Waals surface area contributed by atoms with Gasteiger partial charge in [0.15, 0.2) is 0 Å². The van der Waals surface area contributed by atoms with Crippen LogP contribution in [0.5, 0.6) is 5.75 Å². The van der Waals surface area contributed by atoms with E-state index in [-0.39, 0.29) is 11.7 Å².